The Hall–Kier alpha value is -0.870. The lowest BCUT2D eigenvalue weighted by molar-refractivity contribution is -0.0697. The average Bonchev–Trinajstić information content (AvgIpc) is 2.69. The summed E-state index contributed by atoms with van der Waals surface area (Å²) in [6.07, 6.45) is 3.91. The first-order valence-corrected chi connectivity index (χ1v) is 6.71. The molecular weight excluding hydrogens is 226 g/mol. The van der Waals surface area contributed by atoms with Gasteiger partial charge < -0.3 is 10.1 Å². The van der Waals surface area contributed by atoms with Crippen LogP contribution >= 0.6 is 0 Å². The summed E-state index contributed by atoms with van der Waals surface area (Å²) in [5.74, 6) is 0. The Morgan fingerprint density at radius 3 is 2.67 bits per heavy atom. The van der Waals surface area contributed by atoms with Crippen LogP contribution in [-0.2, 0) is 18.2 Å². The van der Waals surface area contributed by atoms with Gasteiger partial charge in [0.15, 0.2) is 0 Å². The molecular formula is C14H25N3O. The van der Waals surface area contributed by atoms with Gasteiger partial charge in [0.05, 0.1) is 11.2 Å². The van der Waals surface area contributed by atoms with Crippen LogP contribution in [0.4, 0.5) is 0 Å². The van der Waals surface area contributed by atoms with Crippen LogP contribution in [0.3, 0.4) is 0 Å². The lowest BCUT2D eigenvalue weighted by Crippen LogP contribution is -2.44. The molecule has 0 aliphatic carbocycles. The van der Waals surface area contributed by atoms with Crippen molar-refractivity contribution in [1.29, 1.82) is 0 Å². The molecule has 4 heteroatoms. The van der Waals surface area contributed by atoms with Gasteiger partial charge >= 0.3 is 0 Å². The minimum absolute atomic E-state index is 0.0201. The molecule has 1 aliphatic rings. The minimum Gasteiger partial charge on any atom is -0.368 e. The quantitative estimate of drug-likeness (QED) is 0.888. The van der Waals surface area contributed by atoms with E-state index in [0.29, 0.717) is 6.04 Å². The second-order valence-corrected chi connectivity index (χ2v) is 6.37. The molecule has 2 rings (SSSR count). The van der Waals surface area contributed by atoms with E-state index in [-0.39, 0.29) is 11.2 Å². The number of nitrogens with zero attached hydrogens (tertiary/aromatic N) is 2. The molecule has 2 heterocycles. The molecule has 1 aromatic rings. The van der Waals surface area contributed by atoms with E-state index in [0.717, 1.165) is 19.4 Å². The van der Waals surface area contributed by atoms with Gasteiger partial charge in [-0.05, 0) is 40.2 Å². The number of nitrogens with one attached hydrogen (secondary N) is 1. The second-order valence-electron chi connectivity index (χ2n) is 6.37. The Morgan fingerprint density at radius 2 is 2.17 bits per heavy atom. The number of aromatic nitrogens is 2. The van der Waals surface area contributed by atoms with Gasteiger partial charge in [0, 0.05) is 37.9 Å². The van der Waals surface area contributed by atoms with E-state index in [9.17, 15) is 0 Å². The minimum atomic E-state index is -0.0873. The van der Waals surface area contributed by atoms with E-state index in [4.69, 9.17) is 4.74 Å². The van der Waals surface area contributed by atoms with Crippen molar-refractivity contribution in [2.45, 2.75) is 57.8 Å². The van der Waals surface area contributed by atoms with Crippen molar-refractivity contribution in [1.82, 2.24) is 15.1 Å². The highest BCUT2D eigenvalue weighted by atomic mass is 16.5. The molecule has 1 fully saturated rings. The number of ether oxygens (including phenoxy) is 1. The summed E-state index contributed by atoms with van der Waals surface area (Å²) in [7, 11) is 1.99. The van der Waals surface area contributed by atoms with Crippen molar-refractivity contribution in [3.05, 3.63) is 18.0 Å². The van der Waals surface area contributed by atoms with Crippen molar-refractivity contribution in [2.24, 2.45) is 7.05 Å². The monoisotopic (exact) mass is 251 g/mol. The van der Waals surface area contributed by atoms with Gasteiger partial charge in [-0.1, -0.05) is 0 Å². The van der Waals surface area contributed by atoms with Crippen LogP contribution in [0.25, 0.3) is 0 Å². The SMILES string of the molecule is Cn1nccc1CCNC1CC(C)(C)OC1(C)C. The van der Waals surface area contributed by atoms with Crippen LogP contribution in [0, 0.1) is 0 Å². The lowest BCUT2D eigenvalue weighted by Gasteiger charge is -2.27. The molecule has 0 amide bonds. The van der Waals surface area contributed by atoms with Gasteiger partial charge in [-0.3, -0.25) is 4.68 Å². The predicted octanol–water partition coefficient (Wildman–Crippen LogP) is 1.90. The van der Waals surface area contributed by atoms with Crippen molar-refractivity contribution >= 4 is 0 Å². The van der Waals surface area contributed by atoms with Crippen molar-refractivity contribution in [2.75, 3.05) is 6.54 Å². The first-order chi connectivity index (χ1) is 8.30. The Kier molecular flexibility index (Phi) is 3.52. The molecule has 1 N–H and O–H groups in total. The molecule has 1 unspecified atom stereocenters. The summed E-state index contributed by atoms with van der Waals surface area (Å²) < 4.78 is 8.01. The third kappa shape index (κ3) is 2.93. The molecule has 0 bridgehead atoms. The van der Waals surface area contributed by atoms with Gasteiger partial charge in [-0.25, -0.2) is 0 Å². The van der Waals surface area contributed by atoms with Crippen LogP contribution in [0.1, 0.15) is 39.8 Å². The number of rotatable bonds is 4. The Labute approximate surface area is 110 Å². The van der Waals surface area contributed by atoms with E-state index < -0.39 is 0 Å². The van der Waals surface area contributed by atoms with Crippen LogP contribution in [0.2, 0.25) is 0 Å². The fraction of sp³-hybridized carbons (Fsp3) is 0.786. The number of hydrogen-bond acceptors (Lipinski definition) is 3. The highest BCUT2D eigenvalue weighted by molar-refractivity contribution is 5.02. The van der Waals surface area contributed by atoms with Crippen LogP contribution in [0.15, 0.2) is 12.3 Å². The molecule has 4 nitrogen and oxygen atoms in total. The second kappa shape index (κ2) is 4.67. The zero-order valence-electron chi connectivity index (χ0n) is 12.2. The summed E-state index contributed by atoms with van der Waals surface area (Å²) >= 11 is 0. The molecule has 0 saturated carbocycles. The molecule has 1 aliphatic heterocycles. The summed E-state index contributed by atoms with van der Waals surface area (Å²) in [6, 6.07) is 2.49. The first kappa shape index (κ1) is 13.6. The molecule has 1 atom stereocenters. The van der Waals surface area contributed by atoms with E-state index in [1.54, 1.807) is 0 Å². The van der Waals surface area contributed by atoms with E-state index in [1.807, 2.05) is 17.9 Å². The van der Waals surface area contributed by atoms with Gasteiger partial charge in [0.1, 0.15) is 0 Å². The third-order valence-electron chi connectivity index (χ3n) is 3.77. The maximum atomic E-state index is 6.08. The molecule has 0 radical (unpaired) electrons. The topological polar surface area (TPSA) is 39.1 Å². The normalized spacial score (nSPS) is 25.5. The van der Waals surface area contributed by atoms with Gasteiger partial charge in [-0.15, -0.1) is 0 Å². The molecule has 102 valence electrons. The first-order valence-electron chi connectivity index (χ1n) is 6.71. The Bertz CT molecular complexity index is 409. The van der Waals surface area contributed by atoms with Gasteiger partial charge in [-0.2, -0.15) is 5.10 Å². The zero-order valence-corrected chi connectivity index (χ0v) is 12.2. The summed E-state index contributed by atoms with van der Waals surface area (Å²) in [5.41, 5.74) is 1.15. The highest BCUT2D eigenvalue weighted by Crippen LogP contribution is 2.37. The zero-order chi connectivity index (χ0) is 13.4. The van der Waals surface area contributed by atoms with Crippen molar-refractivity contribution in [3.63, 3.8) is 0 Å². The lowest BCUT2D eigenvalue weighted by atomic mass is 9.94. The number of hydrogen-bond donors (Lipinski definition) is 1. The van der Waals surface area contributed by atoms with Crippen LogP contribution in [-0.4, -0.2) is 33.6 Å². The van der Waals surface area contributed by atoms with E-state index in [2.05, 4.69) is 44.2 Å². The standard InChI is InChI=1S/C14H25N3O/c1-13(2)10-12(14(3,4)18-13)15-8-6-11-7-9-16-17(11)5/h7,9,12,15H,6,8,10H2,1-5H3. The predicted molar refractivity (Wildman–Crippen MR) is 72.6 cm³/mol. The molecule has 1 aromatic heterocycles. The van der Waals surface area contributed by atoms with Crippen molar-refractivity contribution < 1.29 is 4.74 Å². The Morgan fingerprint density at radius 1 is 1.44 bits per heavy atom. The van der Waals surface area contributed by atoms with Crippen LogP contribution in [0.5, 0.6) is 0 Å². The highest BCUT2D eigenvalue weighted by Gasteiger charge is 2.45. The number of aryl methyl sites for hydroxylation is 1. The maximum Gasteiger partial charge on any atom is 0.0787 e. The molecule has 18 heavy (non-hydrogen) atoms. The van der Waals surface area contributed by atoms with E-state index in [1.165, 1.54) is 5.69 Å². The molecule has 1 saturated heterocycles. The largest absolute Gasteiger partial charge is 0.368 e. The van der Waals surface area contributed by atoms with Gasteiger partial charge in [0.2, 0.25) is 0 Å². The van der Waals surface area contributed by atoms with Gasteiger partial charge in [0.25, 0.3) is 0 Å². The Balaban J connectivity index is 1.86. The van der Waals surface area contributed by atoms with Crippen LogP contribution < -0.4 is 5.32 Å². The fourth-order valence-electron chi connectivity index (χ4n) is 2.90. The molecule has 0 spiro atoms. The summed E-state index contributed by atoms with van der Waals surface area (Å²) in [4.78, 5) is 0. The van der Waals surface area contributed by atoms with Crippen molar-refractivity contribution in [3.8, 4) is 0 Å². The summed E-state index contributed by atoms with van der Waals surface area (Å²) in [6.45, 7) is 9.63. The fourth-order valence-corrected chi connectivity index (χ4v) is 2.90. The maximum absolute atomic E-state index is 6.08. The third-order valence-corrected chi connectivity index (χ3v) is 3.77. The van der Waals surface area contributed by atoms with E-state index >= 15 is 0 Å². The smallest absolute Gasteiger partial charge is 0.0787 e. The summed E-state index contributed by atoms with van der Waals surface area (Å²) in [5, 5.41) is 7.81. The average molecular weight is 251 g/mol. The molecule has 0 aromatic carbocycles.